The van der Waals surface area contributed by atoms with Crippen LogP contribution in [0.4, 0.5) is 0 Å². The Balaban J connectivity index is 0.000000720. The molecule has 0 amide bonds. The summed E-state index contributed by atoms with van der Waals surface area (Å²) in [6.45, 7) is 0. The fraction of sp³-hybridized carbons (Fsp3) is 0. The van der Waals surface area contributed by atoms with Gasteiger partial charge in [0.15, 0.2) is 5.43 Å². The molecular formula is C9H8NNaO. The summed E-state index contributed by atoms with van der Waals surface area (Å²) in [4.78, 5) is 14.2. The zero-order valence-corrected chi connectivity index (χ0v) is 8.87. The van der Waals surface area contributed by atoms with Crippen LogP contribution < -0.4 is 35.0 Å². The van der Waals surface area contributed by atoms with Crippen molar-refractivity contribution in [1.29, 1.82) is 0 Å². The van der Waals surface area contributed by atoms with E-state index >= 15 is 0 Å². The van der Waals surface area contributed by atoms with E-state index in [1.165, 1.54) is 6.07 Å². The van der Waals surface area contributed by atoms with Gasteiger partial charge in [0.25, 0.3) is 0 Å². The number of benzene rings is 1. The third kappa shape index (κ3) is 1.61. The largest absolute Gasteiger partial charge is 1.00 e. The molecule has 0 saturated heterocycles. The summed E-state index contributed by atoms with van der Waals surface area (Å²) in [7, 11) is 0. The minimum atomic E-state index is 0. The Kier molecular flexibility index (Phi) is 3.09. The molecule has 0 fully saturated rings. The first-order valence-electron chi connectivity index (χ1n) is 3.44. The van der Waals surface area contributed by atoms with Crippen LogP contribution in [-0.2, 0) is 0 Å². The van der Waals surface area contributed by atoms with Gasteiger partial charge in [0.2, 0.25) is 0 Å². The molecule has 0 radical (unpaired) electrons. The summed E-state index contributed by atoms with van der Waals surface area (Å²) in [6.07, 6.45) is 1.66. The third-order valence-corrected chi connectivity index (χ3v) is 1.67. The van der Waals surface area contributed by atoms with Crippen molar-refractivity contribution in [2.24, 2.45) is 0 Å². The molecule has 12 heavy (non-hydrogen) atoms. The molecule has 1 aromatic carbocycles. The van der Waals surface area contributed by atoms with Crippen molar-refractivity contribution < 1.29 is 31.0 Å². The average molecular weight is 169 g/mol. The number of hydrogen-bond donors (Lipinski definition) is 1. The smallest absolute Gasteiger partial charge is 1.00 e. The van der Waals surface area contributed by atoms with Crippen LogP contribution in [0.1, 0.15) is 1.43 Å². The van der Waals surface area contributed by atoms with Crippen molar-refractivity contribution in [2.75, 3.05) is 0 Å². The number of nitrogens with one attached hydrogen (secondary N) is 1. The molecule has 2 aromatic rings. The fourth-order valence-corrected chi connectivity index (χ4v) is 1.12. The predicted octanol–water partition coefficient (Wildman–Crippen LogP) is -1.36. The number of H-pyrrole nitrogens is 1. The van der Waals surface area contributed by atoms with E-state index < -0.39 is 0 Å². The molecule has 0 saturated carbocycles. The van der Waals surface area contributed by atoms with Crippen molar-refractivity contribution in [1.82, 2.24) is 4.98 Å². The first-order chi connectivity index (χ1) is 5.38. The van der Waals surface area contributed by atoms with Crippen LogP contribution in [0.2, 0.25) is 0 Å². The molecule has 1 aromatic heterocycles. The summed E-state index contributed by atoms with van der Waals surface area (Å²) >= 11 is 0. The number of aromatic amines is 1. The van der Waals surface area contributed by atoms with Crippen molar-refractivity contribution in [3.8, 4) is 0 Å². The van der Waals surface area contributed by atoms with Crippen LogP contribution in [0.3, 0.4) is 0 Å². The van der Waals surface area contributed by atoms with Crippen LogP contribution in [0, 0.1) is 0 Å². The zero-order chi connectivity index (χ0) is 7.68. The summed E-state index contributed by atoms with van der Waals surface area (Å²) in [5, 5.41) is 0.745. The summed E-state index contributed by atoms with van der Waals surface area (Å²) < 4.78 is 0. The number of fused-ring (bicyclic) bond motifs is 1. The van der Waals surface area contributed by atoms with E-state index in [2.05, 4.69) is 4.98 Å². The van der Waals surface area contributed by atoms with Gasteiger partial charge in [-0.2, -0.15) is 0 Å². The predicted molar refractivity (Wildman–Crippen MR) is 45.7 cm³/mol. The van der Waals surface area contributed by atoms with E-state index in [1.54, 1.807) is 6.20 Å². The Labute approximate surface area is 93.4 Å². The van der Waals surface area contributed by atoms with Gasteiger partial charge < -0.3 is 6.41 Å². The van der Waals surface area contributed by atoms with E-state index in [0.29, 0.717) is 0 Å². The molecule has 56 valence electrons. The first kappa shape index (κ1) is 9.52. The van der Waals surface area contributed by atoms with Gasteiger partial charge in [-0.05, 0) is 12.1 Å². The maximum atomic E-state index is 11.2. The maximum Gasteiger partial charge on any atom is 1.00 e. The second kappa shape index (κ2) is 3.90. The van der Waals surface area contributed by atoms with Gasteiger partial charge in [0.05, 0.1) is 0 Å². The molecule has 0 unspecified atom stereocenters. The molecule has 0 spiro atoms. The molecule has 1 N–H and O–H groups in total. The summed E-state index contributed by atoms with van der Waals surface area (Å²) in [5.41, 5.74) is 0.958. The molecule has 2 rings (SSSR count). The van der Waals surface area contributed by atoms with E-state index in [1.807, 2.05) is 24.3 Å². The van der Waals surface area contributed by atoms with Crippen molar-refractivity contribution in [3.63, 3.8) is 0 Å². The average Bonchev–Trinajstić information content (AvgIpc) is 2.06. The van der Waals surface area contributed by atoms with Crippen LogP contribution in [-0.4, -0.2) is 4.98 Å². The van der Waals surface area contributed by atoms with Crippen molar-refractivity contribution in [3.05, 3.63) is 46.8 Å². The second-order valence-corrected chi connectivity index (χ2v) is 2.39. The summed E-state index contributed by atoms with van der Waals surface area (Å²) in [5.74, 6) is 0. The van der Waals surface area contributed by atoms with E-state index in [4.69, 9.17) is 0 Å². The van der Waals surface area contributed by atoms with Crippen molar-refractivity contribution in [2.45, 2.75) is 0 Å². The van der Waals surface area contributed by atoms with Crippen LogP contribution in [0.5, 0.6) is 0 Å². The topological polar surface area (TPSA) is 32.9 Å². The molecule has 0 bridgehead atoms. The SMILES string of the molecule is O=c1cc[nH]c2ccccc12.[H-].[Na+]. The normalized spacial score (nSPS) is 9.33. The van der Waals surface area contributed by atoms with Gasteiger partial charge in [-0.3, -0.25) is 4.79 Å². The minimum Gasteiger partial charge on any atom is -1.00 e. The number of para-hydroxylation sites is 1. The van der Waals surface area contributed by atoms with Crippen LogP contribution >= 0.6 is 0 Å². The van der Waals surface area contributed by atoms with Gasteiger partial charge in [-0.25, -0.2) is 0 Å². The third-order valence-electron chi connectivity index (χ3n) is 1.67. The van der Waals surface area contributed by atoms with Gasteiger partial charge in [-0.15, -0.1) is 0 Å². The number of aromatic nitrogens is 1. The summed E-state index contributed by atoms with van der Waals surface area (Å²) in [6, 6.07) is 8.99. The molecule has 0 aliphatic rings. The Morgan fingerprint density at radius 3 is 2.67 bits per heavy atom. The van der Waals surface area contributed by atoms with Gasteiger partial charge in [-0.1, -0.05) is 12.1 Å². The standard InChI is InChI=1S/C9H7NO.Na.H/c11-9-5-6-10-8-4-2-1-3-7(8)9;;/h1-6H,(H,10,11);;/q;+1;-1. The number of hydrogen-bond acceptors (Lipinski definition) is 1. The van der Waals surface area contributed by atoms with Crippen LogP contribution in [0.15, 0.2) is 41.3 Å². The van der Waals surface area contributed by atoms with Crippen LogP contribution in [0.25, 0.3) is 10.9 Å². The zero-order valence-electron chi connectivity index (χ0n) is 7.87. The quantitative estimate of drug-likeness (QED) is 0.486. The minimum absolute atomic E-state index is 0. The van der Waals surface area contributed by atoms with Gasteiger partial charge >= 0.3 is 29.6 Å². The van der Waals surface area contributed by atoms with E-state index in [9.17, 15) is 4.79 Å². The number of pyridine rings is 1. The monoisotopic (exact) mass is 169 g/mol. The fourth-order valence-electron chi connectivity index (χ4n) is 1.12. The Morgan fingerprint density at radius 1 is 1.17 bits per heavy atom. The molecule has 3 heteroatoms. The van der Waals surface area contributed by atoms with Gasteiger partial charge in [0.1, 0.15) is 0 Å². The maximum absolute atomic E-state index is 11.2. The Hall–Kier alpha value is -0.570. The molecular weight excluding hydrogens is 161 g/mol. The molecule has 0 atom stereocenters. The molecule has 1 heterocycles. The molecule has 2 nitrogen and oxygen atoms in total. The second-order valence-electron chi connectivity index (χ2n) is 2.39. The molecule has 0 aliphatic heterocycles. The van der Waals surface area contributed by atoms with Gasteiger partial charge in [0, 0.05) is 23.2 Å². The Bertz CT molecular complexity index is 435. The number of rotatable bonds is 0. The first-order valence-corrected chi connectivity index (χ1v) is 3.44. The Morgan fingerprint density at radius 2 is 1.92 bits per heavy atom. The van der Waals surface area contributed by atoms with E-state index in [0.717, 1.165) is 10.9 Å². The molecule has 0 aliphatic carbocycles. The van der Waals surface area contributed by atoms with Crippen molar-refractivity contribution >= 4 is 10.9 Å². The van der Waals surface area contributed by atoms with E-state index in [-0.39, 0.29) is 36.4 Å².